The number of pyridine rings is 1. The van der Waals surface area contributed by atoms with Crippen LogP contribution < -0.4 is 10.8 Å². The van der Waals surface area contributed by atoms with E-state index in [1.165, 1.54) is 12.3 Å². The lowest BCUT2D eigenvalue weighted by atomic mass is 9.80. The van der Waals surface area contributed by atoms with Crippen LogP contribution in [0.4, 0.5) is 4.39 Å². The summed E-state index contributed by atoms with van der Waals surface area (Å²) in [5.41, 5.74) is 1.06. The van der Waals surface area contributed by atoms with Crippen LogP contribution in [0.15, 0.2) is 42.7 Å². The van der Waals surface area contributed by atoms with Crippen LogP contribution in [-0.2, 0) is 6.54 Å². The van der Waals surface area contributed by atoms with Gasteiger partial charge in [-0.25, -0.2) is 4.39 Å². The second-order valence-corrected chi connectivity index (χ2v) is 4.15. The highest BCUT2D eigenvalue weighted by Gasteiger charge is 2.12. The molecule has 0 aliphatic carbocycles. The summed E-state index contributed by atoms with van der Waals surface area (Å²) >= 11 is 0. The van der Waals surface area contributed by atoms with Gasteiger partial charge in [0.2, 0.25) is 0 Å². The van der Waals surface area contributed by atoms with E-state index in [2.05, 4.69) is 10.3 Å². The summed E-state index contributed by atoms with van der Waals surface area (Å²) in [6.07, 6.45) is 2.32. The largest absolute Gasteiger partial charge is 0.488 e. The number of amides is 1. The molecule has 1 heterocycles. The normalized spacial score (nSPS) is 10.2. The minimum absolute atomic E-state index is 0.0672. The van der Waals surface area contributed by atoms with Crippen molar-refractivity contribution < 1.29 is 19.2 Å². The van der Waals surface area contributed by atoms with E-state index in [4.69, 9.17) is 10.0 Å². The third-order valence-corrected chi connectivity index (χ3v) is 2.75. The molecule has 0 atom stereocenters. The van der Waals surface area contributed by atoms with Crippen LogP contribution in [-0.4, -0.2) is 28.1 Å². The molecule has 0 unspecified atom stereocenters. The van der Waals surface area contributed by atoms with Crippen LogP contribution in [0.1, 0.15) is 15.9 Å². The number of rotatable bonds is 4. The summed E-state index contributed by atoms with van der Waals surface area (Å²) in [5.74, 6) is -1.21. The van der Waals surface area contributed by atoms with Crippen LogP contribution >= 0.6 is 0 Å². The second-order valence-electron chi connectivity index (χ2n) is 4.15. The average Bonchev–Trinajstić information content (AvgIpc) is 2.45. The first-order valence-corrected chi connectivity index (χ1v) is 5.90. The molecule has 5 nitrogen and oxygen atoms in total. The summed E-state index contributed by atoms with van der Waals surface area (Å²) < 4.78 is 13.3. The molecule has 0 radical (unpaired) electrons. The molecule has 0 saturated heterocycles. The minimum atomic E-state index is -1.52. The van der Waals surface area contributed by atoms with Crippen molar-refractivity contribution in [3.05, 3.63) is 59.7 Å². The minimum Gasteiger partial charge on any atom is -0.423 e. The lowest BCUT2D eigenvalue weighted by molar-refractivity contribution is 0.0946. The number of carbonyl (C=O) groups is 1. The monoisotopic (exact) mass is 274 g/mol. The molecule has 3 N–H and O–H groups in total. The Labute approximate surface area is 115 Å². The van der Waals surface area contributed by atoms with Gasteiger partial charge in [0.1, 0.15) is 0 Å². The van der Waals surface area contributed by atoms with Crippen LogP contribution in [0.3, 0.4) is 0 Å². The Morgan fingerprint density at radius 3 is 2.55 bits per heavy atom. The molecule has 1 aromatic heterocycles. The smallest absolute Gasteiger partial charge is 0.423 e. The van der Waals surface area contributed by atoms with E-state index < -0.39 is 18.8 Å². The first-order chi connectivity index (χ1) is 9.58. The zero-order chi connectivity index (χ0) is 14.5. The van der Waals surface area contributed by atoms with Crippen molar-refractivity contribution >= 4 is 18.5 Å². The Morgan fingerprint density at radius 2 is 1.95 bits per heavy atom. The van der Waals surface area contributed by atoms with Gasteiger partial charge in [-0.05, 0) is 17.1 Å². The highest BCUT2D eigenvalue weighted by molar-refractivity contribution is 6.58. The summed E-state index contributed by atoms with van der Waals surface area (Å²) in [6.45, 7) is 0.211. The quantitative estimate of drug-likeness (QED) is 0.676. The standard InChI is InChI=1S/C13H12BFN2O3/c15-12-8-16-6-5-11(12)13(18)17-7-9-1-3-10(4-2-9)14(19)20/h1-6,8,19-20H,7H2,(H,17,18). The maximum Gasteiger partial charge on any atom is 0.488 e. The molecule has 1 amide bonds. The molecule has 0 fully saturated rings. The Bertz CT molecular complexity index is 605. The molecule has 2 rings (SSSR count). The third kappa shape index (κ3) is 3.40. The van der Waals surface area contributed by atoms with Crippen LogP contribution in [0.5, 0.6) is 0 Å². The molecule has 0 aliphatic heterocycles. The van der Waals surface area contributed by atoms with Crippen molar-refractivity contribution in [1.29, 1.82) is 0 Å². The molecule has 1 aromatic carbocycles. The Kier molecular flexibility index (Phi) is 4.44. The fourth-order valence-corrected chi connectivity index (χ4v) is 1.64. The van der Waals surface area contributed by atoms with Crippen LogP contribution in [0.2, 0.25) is 0 Å². The molecule has 0 saturated carbocycles. The van der Waals surface area contributed by atoms with Gasteiger partial charge in [0.15, 0.2) is 5.82 Å². The zero-order valence-corrected chi connectivity index (χ0v) is 10.5. The van der Waals surface area contributed by atoms with E-state index in [1.807, 2.05) is 0 Å². The number of halogens is 1. The van der Waals surface area contributed by atoms with Crippen molar-refractivity contribution in [3.8, 4) is 0 Å². The van der Waals surface area contributed by atoms with Gasteiger partial charge in [0, 0.05) is 12.7 Å². The fourth-order valence-electron chi connectivity index (χ4n) is 1.64. The number of aromatic nitrogens is 1. The Balaban J connectivity index is 1.98. The summed E-state index contributed by atoms with van der Waals surface area (Å²) in [6, 6.07) is 7.68. The van der Waals surface area contributed by atoms with E-state index in [-0.39, 0.29) is 12.1 Å². The third-order valence-electron chi connectivity index (χ3n) is 2.75. The van der Waals surface area contributed by atoms with Crippen molar-refractivity contribution in [3.63, 3.8) is 0 Å². The van der Waals surface area contributed by atoms with Crippen molar-refractivity contribution in [1.82, 2.24) is 10.3 Å². The van der Waals surface area contributed by atoms with Crippen molar-refractivity contribution in [2.75, 3.05) is 0 Å². The predicted octanol–water partition coefficient (Wildman–Crippen LogP) is -0.170. The predicted molar refractivity (Wildman–Crippen MR) is 71.6 cm³/mol. The molecule has 7 heteroatoms. The Hall–Kier alpha value is -2.25. The number of hydrogen-bond acceptors (Lipinski definition) is 4. The van der Waals surface area contributed by atoms with E-state index in [9.17, 15) is 9.18 Å². The Morgan fingerprint density at radius 1 is 1.25 bits per heavy atom. The number of nitrogens with zero attached hydrogens (tertiary/aromatic N) is 1. The summed E-state index contributed by atoms with van der Waals surface area (Å²) in [5, 5.41) is 20.5. The first-order valence-electron chi connectivity index (χ1n) is 5.90. The maximum atomic E-state index is 13.3. The van der Waals surface area contributed by atoms with Crippen LogP contribution in [0, 0.1) is 5.82 Å². The lowest BCUT2D eigenvalue weighted by Crippen LogP contribution is -2.30. The highest BCUT2D eigenvalue weighted by Crippen LogP contribution is 2.05. The molecule has 20 heavy (non-hydrogen) atoms. The van der Waals surface area contributed by atoms with Gasteiger partial charge < -0.3 is 15.4 Å². The molecule has 0 spiro atoms. The average molecular weight is 274 g/mol. The van der Waals surface area contributed by atoms with E-state index in [1.54, 1.807) is 24.3 Å². The van der Waals surface area contributed by atoms with Crippen molar-refractivity contribution in [2.24, 2.45) is 0 Å². The number of nitrogens with one attached hydrogen (secondary N) is 1. The SMILES string of the molecule is O=C(NCc1ccc(B(O)O)cc1)c1ccncc1F. The lowest BCUT2D eigenvalue weighted by Gasteiger charge is -2.07. The van der Waals surface area contributed by atoms with Gasteiger partial charge >= 0.3 is 7.12 Å². The highest BCUT2D eigenvalue weighted by atomic mass is 19.1. The van der Waals surface area contributed by atoms with Gasteiger partial charge in [0.05, 0.1) is 11.8 Å². The molecular weight excluding hydrogens is 262 g/mol. The topological polar surface area (TPSA) is 82.5 Å². The van der Waals surface area contributed by atoms with Gasteiger partial charge in [0.25, 0.3) is 5.91 Å². The molecule has 0 bridgehead atoms. The summed E-state index contributed by atoms with van der Waals surface area (Å²) in [7, 11) is -1.52. The molecule has 102 valence electrons. The van der Waals surface area contributed by atoms with Gasteiger partial charge in [-0.1, -0.05) is 24.3 Å². The fraction of sp³-hybridized carbons (Fsp3) is 0.0769. The van der Waals surface area contributed by atoms with Gasteiger partial charge in [-0.15, -0.1) is 0 Å². The summed E-state index contributed by atoms with van der Waals surface area (Å²) in [4.78, 5) is 15.3. The molecule has 2 aromatic rings. The number of hydrogen-bond donors (Lipinski definition) is 3. The number of benzene rings is 1. The van der Waals surface area contributed by atoms with E-state index >= 15 is 0 Å². The number of carbonyl (C=O) groups excluding carboxylic acids is 1. The molecular formula is C13H12BFN2O3. The first kappa shape index (κ1) is 14.2. The van der Waals surface area contributed by atoms with Gasteiger partial charge in [-0.3, -0.25) is 9.78 Å². The zero-order valence-electron chi connectivity index (χ0n) is 10.5. The van der Waals surface area contributed by atoms with Crippen molar-refractivity contribution in [2.45, 2.75) is 6.54 Å². The maximum absolute atomic E-state index is 13.3. The van der Waals surface area contributed by atoms with E-state index in [0.717, 1.165) is 11.8 Å². The van der Waals surface area contributed by atoms with E-state index in [0.29, 0.717) is 5.46 Å². The van der Waals surface area contributed by atoms with Crippen LogP contribution in [0.25, 0.3) is 0 Å². The van der Waals surface area contributed by atoms with Gasteiger partial charge in [-0.2, -0.15) is 0 Å². The molecule has 0 aliphatic rings. The second kappa shape index (κ2) is 6.27.